The van der Waals surface area contributed by atoms with E-state index in [9.17, 15) is 4.79 Å². The number of likely N-dealkylation sites (tertiary alicyclic amines) is 1. The van der Waals surface area contributed by atoms with Crippen molar-refractivity contribution in [3.63, 3.8) is 0 Å². The molecule has 2 heteroatoms. The lowest BCUT2D eigenvalue weighted by atomic mass is 9.93. The molecular weight excluding hydrogens is 186 g/mol. The Morgan fingerprint density at radius 3 is 2.07 bits per heavy atom. The van der Waals surface area contributed by atoms with Crippen molar-refractivity contribution in [3.8, 4) is 0 Å². The molecule has 2 unspecified atom stereocenters. The summed E-state index contributed by atoms with van der Waals surface area (Å²) in [4.78, 5) is 14.4. The second kappa shape index (κ2) is 5.53. The molecule has 1 saturated heterocycles. The number of rotatable bonds is 3. The van der Waals surface area contributed by atoms with Crippen molar-refractivity contribution in [1.82, 2.24) is 4.90 Å². The van der Waals surface area contributed by atoms with Crippen LogP contribution in [-0.4, -0.2) is 22.9 Å². The zero-order valence-corrected chi connectivity index (χ0v) is 10.6. The highest BCUT2D eigenvalue weighted by molar-refractivity contribution is 5.79. The molecular formula is C13H25NO. The average Bonchev–Trinajstić information content (AvgIpc) is 2.19. The maximum absolute atomic E-state index is 12.3. The van der Waals surface area contributed by atoms with Crippen LogP contribution in [0.15, 0.2) is 0 Å². The lowest BCUT2D eigenvalue weighted by Crippen LogP contribution is -2.49. The first-order valence-corrected chi connectivity index (χ1v) is 6.43. The number of hydrogen-bond donors (Lipinski definition) is 0. The Morgan fingerprint density at radius 1 is 1.20 bits per heavy atom. The van der Waals surface area contributed by atoms with E-state index in [0.717, 1.165) is 12.8 Å². The number of carbonyl (C=O) groups excluding carboxylic acids is 1. The molecule has 1 fully saturated rings. The molecule has 0 radical (unpaired) electrons. The van der Waals surface area contributed by atoms with E-state index in [0.29, 0.717) is 18.0 Å². The standard InChI is InChI=1S/C13H25NO/c1-5-12(6-2)13(15)14-10(3)8-7-9-11(14)4/h10-12H,5-9H2,1-4H3. The molecule has 1 rings (SSSR count). The van der Waals surface area contributed by atoms with E-state index in [1.54, 1.807) is 0 Å². The Labute approximate surface area is 94.0 Å². The highest BCUT2D eigenvalue weighted by atomic mass is 16.2. The fraction of sp³-hybridized carbons (Fsp3) is 0.923. The molecule has 1 amide bonds. The third kappa shape index (κ3) is 2.73. The van der Waals surface area contributed by atoms with Gasteiger partial charge >= 0.3 is 0 Å². The van der Waals surface area contributed by atoms with E-state index in [4.69, 9.17) is 0 Å². The summed E-state index contributed by atoms with van der Waals surface area (Å²) in [5, 5.41) is 0. The maximum Gasteiger partial charge on any atom is 0.226 e. The number of carbonyl (C=O) groups is 1. The molecule has 0 spiro atoms. The molecule has 0 aromatic heterocycles. The smallest absolute Gasteiger partial charge is 0.226 e. The summed E-state index contributed by atoms with van der Waals surface area (Å²) in [6, 6.07) is 0.892. The summed E-state index contributed by atoms with van der Waals surface area (Å²) in [7, 11) is 0. The first-order chi connectivity index (χ1) is 7.11. The highest BCUT2D eigenvalue weighted by Gasteiger charge is 2.31. The minimum absolute atomic E-state index is 0.244. The predicted molar refractivity (Wildman–Crippen MR) is 63.7 cm³/mol. The average molecular weight is 211 g/mol. The lowest BCUT2D eigenvalue weighted by Gasteiger charge is -2.40. The summed E-state index contributed by atoms with van der Waals surface area (Å²) >= 11 is 0. The fourth-order valence-corrected chi connectivity index (χ4v) is 2.70. The summed E-state index contributed by atoms with van der Waals surface area (Å²) in [5.74, 6) is 0.632. The summed E-state index contributed by atoms with van der Waals surface area (Å²) in [6.07, 6.45) is 5.58. The van der Waals surface area contributed by atoms with Gasteiger partial charge in [0.1, 0.15) is 0 Å². The van der Waals surface area contributed by atoms with Crippen LogP contribution in [-0.2, 0) is 4.79 Å². The summed E-state index contributed by atoms with van der Waals surface area (Å²) in [5.41, 5.74) is 0. The van der Waals surface area contributed by atoms with Crippen molar-refractivity contribution >= 4 is 5.91 Å². The second-order valence-corrected chi connectivity index (χ2v) is 4.89. The third-order valence-corrected chi connectivity index (χ3v) is 3.78. The van der Waals surface area contributed by atoms with Crippen molar-refractivity contribution in [3.05, 3.63) is 0 Å². The molecule has 2 nitrogen and oxygen atoms in total. The van der Waals surface area contributed by atoms with Gasteiger partial charge in [0, 0.05) is 18.0 Å². The van der Waals surface area contributed by atoms with Crippen LogP contribution in [0.2, 0.25) is 0 Å². The molecule has 2 atom stereocenters. The first kappa shape index (κ1) is 12.5. The number of amides is 1. The van der Waals surface area contributed by atoms with Crippen molar-refractivity contribution in [2.75, 3.05) is 0 Å². The zero-order valence-electron chi connectivity index (χ0n) is 10.6. The van der Waals surface area contributed by atoms with Crippen molar-refractivity contribution in [1.29, 1.82) is 0 Å². The predicted octanol–water partition coefficient (Wildman–Crippen LogP) is 3.21. The molecule has 0 N–H and O–H groups in total. The van der Waals surface area contributed by atoms with E-state index >= 15 is 0 Å². The van der Waals surface area contributed by atoms with E-state index in [-0.39, 0.29) is 5.92 Å². The largest absolute Gasteiger partial charge is 0.337 e. The van der Waals surface area contributed by atoms with Gasteiger partial charge in [-0.3, -0.25) is 4.79 Å². The Hall–Kier alpha value is -0.530. The molecule has 15 heavy (non-hydrogen) atoms. The van der Waals surface area contributed by atoms with Crippen LogP contribution in [0, 0.1) is 5.92 Å². The minimum Gasteiger partial charge on any atom is -0.337 e. The molecule has 0 bridgehead atoms. The van der Waals surface area contributed by atoms with Crippen LogP contribution in [0.1, 0.15) is 59.8 Å². The van der Waals surface area contributed by atoms with Crippen LogP contribution in [0.4, 0.5) is 0 Å². The first-order valence-electron chi connectivity index (χ1n) is 6.43. The van der Waals surface area contributed by atoms with E-state index < -0.39 is 0 Å². The number of hydrogen-bond acceptors (Lipinski definition) is 1. The van der Waals surface area contributed by atoms with Crippen molar-refractivity contribution < 1.29 is 4.79 Å². The Balaban J connectivity index is 2.70. The number of piperidine rings is 1. The SMILES string of the molecule is CCC(CC)C(=O)N1C(C)CCCC1C. The molecule has 0 aromatic rings. The van der Waals surface area contributed by atoms with Crippen LogP contribution in [0.3, 0.4) is 0 Å². The summed E-state index contributed by atoms with van der Waals surface area (Å²) in [6.45, 7) is 8.61. The highest BCUT2D eigenvalue weighted by Crippen LogP contribution is 2.25. The van der Waals surface area contributed by atoms with Crippen LogP contribution < -0.4 is 0 Å². The quantitative estimate of drug-likeness (QED) is 0.702. The Kier molecular flexibility index (Phi) is 4.62. The minimum atomic E-state index is 0.244. The molecule has 1 aliphatic rings. The lowest BCUT2D eigenvalue weighted by molar-refractivity contribution is -0.142. The normalized spacial score (nSPS) is 27.1. The van der Waals surface area contributed by atoms with Crippen LogP contribution in [0.25, 0.3) is 0 Å². The topological polar surface area (TPSA) is 20.3 Å². The van der Waals surface area contributed by atoms with Gasteiger partial charge in [0.15, 0.2) is 0 Å². The van der Waals surface area contributed by atoms with Crippen LogP contribution >= 0.6 is 0 Å². The van der Waals surface area contributed by atoms with Crippen molar-refractivity contribution in [2.45, 2.75) is 71.9 Å². The van der Waals surface area contributed by atoms with Gasteiger partial charge in [0.25, 0.3) is 0 Å². The zero-order chi connectivity index (χ0) is 11.4. The molecule has 0 saturated carbocycles. The third-order valence-electron chi connectivity index (χ3n) is 3.78. The van der Waals surface area contributed by atoms with Gasteiger partial charge in [-0.05, 0) is 46.0 Å². The summed E-state index contributed by atoms with van der Waals surface area (Å²) < 4.78 is 0. The second-order valence-electron chi connectivity index (χ2n) is 4.89. The van der Waals surface area contributed by atoms with Gasteiger partial charge in [0.2, 0.25) is 5.91 Å². The van der Waals surface area contributed by atoms with E-state index in [1.807, 2.05) is 0 Å². The number of nitrogens with zero attached hydrogens (tertiary/aromatic N) is 1. The maximum atomic E-state index is 12.3. The Bertz CT molecular complexity index is 201. The molecule has 0 aliphatic carbocycles. The van der Waals surface area contributed by atoms with Gasteiger partial charge in [0.05, 0.1) is 0 Å². The van der Waals surface area contributed by atoms with Gasteiger partial charge in [-0.25, -0.2) is 0 Å². The van der Waals surface area contributed by atoms with Crippen LogP contribution in [0.5, 0.6) is 0 Å². The molecule has 1 aliphatic heterocycles. The fourth-order valence-electron chi connectivity index (χ4n) is 2.70. The van der Waals surface area contributed by atoms with Crippen molar-refractivity contribution in [2.24, 2.45) is 5.92 Å². The van der Waals surface area contributed by atoms with E-state index in [1.165, 1.54) is 19.3 Å². The van der Waals surface area contributed by atoms with Gasteiger partial charge < -0.3 is 4.90 Å². The molecule has 1 heterocycles. The monoisotopic (exact) mass is 211 g/mol. The molecule has 88 valence electrons. The molecule has 0 aromatic carbocycles. The Morgan fingerprint density at radius 2 is 1.67 bits per heavy atom. The van der Waals surface area contributed by atoms with Gasteiger partial charge in [-0.2, -0.15) is 0 Å². The van der Waals surface area contributed by atoms with Gasteiger partial charge in [-0.1, -0.05) is 13.8 Å². The van der Waals surface area contributed by atoms with Gasteiger partial charge in [-0.15, -0.1) is 0 Å². The van der Waals surface area contributed by atoms with E-state index in [2.05, 4.69) is 32.6 Å².